The number of carbonyl (C=O) groups is 1. The van der Waals surface area contributed by atoms with Gasteiger partial charge >= 0.3 is 0 Å². The van der Waals surface area contributed by atoms with Gasteiger partial charge in [-0.3, -0.25) is 4.79 Å². The van der Waals surface area contributed by atoms with Gasteiger partial charge in [-0.25, -0.2) is 9.97 Å². The Kier molecular flexibility index (Phi) is 6.50. The SMILES string of the molecule is CC(NC(=O)CCN(c1nc(-c2ccco2)nc2ccccc12)C(C)C)c1ccccc1. The van der Waals surface area contributed by atoms with Crippen molar-refractivity contribution < 1.29 is 9.21 Å². The van der Waals surface area contributed by atoms with Gasteiger partial charge < -0.3 is 14.6 Å². The van der Waals surface area contributed by atoms with Crippen LogP contribution in [0.15, 0.2) is 77.4 Å². The molecule has 1 atom stereocenters. The van der Waals surface area contributed by atoms with Crippen LogP contribution in [0.2, 0.25) is 0 Å². The molecule has 2 aromatic heterocycles. The Labute approximate surface area is 188 Å². The largest absolute Gasteiger partial charge is 0.461 e. The van der Waals surface area contributed by atoms with E-state index in [1.807, 2.05) is 73.7 Å². The van der Waals surface area contributed by atoms with E-state index in [0.29, 0.717) is 24.6 Å². The molecule has 4 rings (SSSR count). The molecule has 32 heavy (non-hydrogen) atoms. The Morgan fingerprint density at radius 2 is 1.72 bits per heavy atom. The van der Waals surface area contributed by atoms with Gasteiger partial charge in [-0.2, -0.15) is 0 Å². The topological polar surface area (TPSA) is 71.3 Å². The van der Waals surface area contributed by atoms with Gasteiger partial charge in [0.15, 0.2) is 11.6 Å². The summed E-state index contributed by atoms with van der Waals surface area (Å²) in [7, 11) is 0. The van der Waals surface area contributed by atoms with E-state index in [1.165, 1.54) is 0 Å². The molecule has 4 aromatic rings. The van der Waals surface area contributed by atoms with Crippen molar-refractivity contribution in [3.05, 3.63) is 78.6 Å². The number of aromatic nitrogens is 2. The molecule has 0 fully saturated rings. The van der Waals surface area contributed by atoms with Gasteiger partial charge in [-0.15, -0.1) is 0 Å². The predicted molar refractivity (Wildman–Crippen MR) is 127 cm³/mol. The standard InChI is InChI=1S/C26H28N4O2/c1-18(2)30(16-15-24(31)27-19(3)20-10-5-4-6-11-20)26-21-12-7-8-13-22(21)28-25(29-26)23-14-9-17-32-23/h4-14,17-19H,15-16H2,1-3H3,(H,27,31). The number of nitrogens with zero attached hydrogens (tertiary/aromatic N) is 3. The quantitative estimate of drug-likeness (QED) is 0.408. The minimum atomic E-state index is -0.0402. The van der Waals surface area contributed by atoms with Crippen LogP contribution in [0.1, 0.15) is 38.8 Å². The van der Waals surface area contributed by atoms with Crippen molar-refractivity contribution in [3.63, 3.8) is 0 Å². The smallest absolute Gasteiger partial charge is 0.222 e. The van der Waals surface area contributed by atoms with Crippen LogP contribution in [0.5, 0.6) is 0 Å². The lowest BCUT2D eigenvalue weighted by Gasteiger charge is -2.29. The number of furan rings is 1. The fourth-order valence-electron chi connectivity index (χ4n) is 3.76. The molecule has 0 saturated carbocycles. The van der Waals surface area contributed by atoms with Crippen LogP contribution < -0.4 is 10.2 Å². The lowest BCUT2D eigenvalue weighted by Crippen LogP contribution is -2.36. The van der Waals surface area contributed by atoms with Crippen molar-refractivity contribution in [2.24, 2.45) is 0 Å². The van der Waals surface area contributed by atoms with Crippen molar-refractivity contribution in [3.8, 4) is 11.6 Å². The molecular weight excluding hydrogens is 400 g/mol. The molecule has 1 unspecified atom stereocenters. The van der Waals surface area contributed by atoms with Gasteiger partial charge in [-0.05, 0) is 50.6 Å². The third-order valence-electron chi connectivity index (χ3n) is 5.48. The van der Waals surface area contributed by atoms with Gasteiger partial charge in [0.2, 0.25) is 5.91 Å². The Hall–Kier alpha value is -3.67. The van der Waals surface area contributed by atoms with Crippen LogP contribution in [0, 0.1) is 0 Å². The maximum Gasteiger partial charge on any atom is 0.222 e. The second kappa shape index (κ2) is 9.64. The first kappa shape index (κ1) is 21.6. The zero-order valence-electron chi connectivity index (χ0n) is 18.7. The van der Waals surface area contributed by atoms with E-state index in [1.54, 1.807) is 6.26 Å². The summed E-state index contributed by atoms with van der Waals surface area (Å²) in [5.74, 6) is 1.98. The summed E-state index contributed by atoms with van der Waals surface area (Å²) in [5.41, 5.74) is 1.93. The number of anilines is 1. The summed E-state index contributed by atoms with van der Waals surface area (Å²) in [6.45, 7) is 6.76. The van der Waals surface area contributed by atoms with Crippen LogP contribution in [0.25, 0.3) is 22.5 Å². The van der Waals surface area contributed by atoms with Crippen molar-refractivity contribution in [1.82, 2.24) is 15.3 Å². The molecule has 6 nitrogen and oxygen atoms in total. The third-order valence-corrected chi connectivity index (χ3v) is 5.48. The molecule has 1 N–H and O–H groups in total. The highest BCUT2D eigenvalue weighted by Crippen LogP contribution is 2.29. The van der Waals surface area contributed by atoms with Gasteiger partial charge in [-0.1, -0.05) is 42.5 Å². The number of hydrogen-bond acceptors (Lipinski definition) is 5. The van der Waals surface area contributed by atoms with Gasteiger partial charge in [0.25, 0.3) is 0 Å². The van der Waals surface area contributed by atoms with E-state index in [0.717, 1.165) is 22.3 Å². The highest BCUT2D eigenvalue weighted by Gasteiger charge is 2.20. The first-order valence-electron chi connectivity index (χ1n) is 10.9. The summed E-state index contributed by atoms with van der Waals surface area (Å²) >= 11 is 0. The number of rotatable bonds is 8. The van der Waals surface area contributed by atoms with E-state index < -0.39 is 0 Å². The maximum absolute atomic E-state index is 12.7. The van der Waals surface area contributed by atoms with Crippen LogP contribution >= 0.6 is 0 Å². The van der Waals surface area contributed by atoms with Crippen molar-refractivity contribution in [2.45, 2.75) is 39.3 Å². The molecule has 0 bridgehead atoms. The molecular formula is C26H28N4O2. The van der Waals surface area contributed by atoms with E-state index in [9.17, 15) is 4.79 Å². The number of para-hydroxylation sites is 1. The van der Waals surface area contributed by atoms with E-state index in [2.05, 4.69) is 29.0 Å². The third kappa shape index (κ3) is 4.80. The average Bonchev–Trinajstić information content (AvgIpc) is 3.34. The van der Waals surface area contributed by atoms with Crippen molar-refractivity contribution in [1.29, 1.82) is 0 Å². The number of carbonyl (C=O) groups excluding carboxylic acids is 1. The molecule has 0 saturated heterocycles. The van der Waals surface area contributed by atoms with E-state index in [-0.39, 0.29) is 18.0 Å². The highest BCUT2D eigenvalue weighted by molar-refractivity contribution is 5.91. The molecule has 0 spiro atoms. The zero-order chi connectivity index (χ0) is 22.5. The van der Waals surface area contributed by atoms with Crippen LogP contribution in [0.4, 0.5) is 5.82 Å². The van der Waals surface area contributed by atoms with Crippen molar-refractivity contribution in [2.75, 3.05) is 11.4 Å². The zero-order valence-corrected chi connectivity index (χ0v) is 18.7. The Morgan fingerprint density at radius 3 is 2.44 bits per heavy atom. The second-order valence-corrected chi connectivity index (χ2v) is 8.10. The summed E-state index contributed by atoms with van der Waals surface area (Å²) in [6.07, 6.45) is 1.98. The van der Waals surface area contributed by atoms with Crippen LogP contribution in [-0.2, 0) is 4.79 Å². The molecule has 2 heterocycles. The van der Waals surface area contributed by atoms with E-state index in [4.69, 9.17) is 9.40 Å². The molecule has 164 valence electrons. The van der Waals surface area contributed by atoms with Gasteiger partial charge in [0.05, 0.1) is 17.8 Å². The minimum absolute atomic E-state index is 0.0108. The number of hydrogen-bond donors (Lipinski definition) is 1. The Balaban J connectivity index is 1.57. The normalized spacial score (nSPS) is 12.1. The number of fused-ring (bicyclic) bond motifs is 1. The second-order valence-electron chi connectivity index (χ2n) is 8.10. The minimum Gasteiger partial charge on any atom is -0.461 e. The van der Waals surface area contributed by atoms with E-state index >= 15 is 0 Å². The molecule has 0 aliphatic heterocycles. The van der Waals surface area contributed by atoms with Crippen LogP contribution in [-0.4, -0.2) is 28.5 Å². The molecule has 0 aliphatic rings. The Morgan fingerprint density at radius 1 is 0.969 bits per heavy atom. The highest BCUT2D eigenvalue weighted by atomic mass is 16.3. The number of nitrogens with one attached hydrogen (secondary N) is 1. The lowest BCUT2D eigenvalue weighted by atomic mass is 10.1. The molecule has 0 radical (unpaired) electrons. The van der Waals surface area contributed by atoms with Gasteiger partial charge in [0, 0.05) is 24.4 Å². The first-order chi connectivity index (χ1) is 15.5. The molecule has 6 heteroatoms. The fourth-order valence-corrected chi connectivity index (χ4v) is 3.76. The molecule has 0 aliphatic carbocycles. The summed E-state index contributed by atoms with van der Waals surface area (Å²) in [6, 6.07) is 21.7. The molecule has 1 amide bonds. The molecule has 2 aromatic carbocycles. The van der Waals surface area contributed by atoms with Crippen molar-refractivity contribution >= 4 is 22.6 Å². The summed E-state index contributed by atoms with van der Waals surface area (Å²) < 4.78 is 5.54. The maximum atomic E-state index is 12.7. The summed E-state index contributed by atoms with van der Waals surface area (Å²) in [5, 5.41) is 4.05. The van der Waals surface area contributed by atoms with Crippen LogP contribution in [0.3, 0.4) is 0 Å². The monoisotopic (exact) mass is 428 g/mol. The lowest BCUT2D eigenvalue weighted by molar-refractivity contribution is -0.121. The average molecular weight is 429 g/mol. The number of benzene rings is 2. The number of amides is 1. The first-order valence-corrected chi connectivity index (χ1v) is 10.9. The van der Waals surface area contributed by atoms with Gasteiger partial charge in [0.1, 0.15) is 5.82 Å². The predicted octanol–water partition coefficient (Wildman–Crippen LogP) is 5.37. The fraction of sp³-hybridized carbons (Fsp3) is 0.269. The summed E-state index contributed by atoms with van der Waals surface area (Å²) in [4.78, 5) is 24.4. The Bertz CT molecular complexity index is 1170.